The average molecular weight is 366 g/mol. The van der Waals surface area contributed by atoms with E-state index in [9.17, 15) is 4.79 Å². The Labute approximate surface area is 150 Å². The Bertz CT molecular complexity index is 807. The number of aromatic nitrogens is 3. The number of hydrogen-bond donors (Lipinski definition) is 2. The van der Waals surface area contributed by atoms with Crippen LogP contribution in [-0.4, -0.2) is 34.6 Å². The van der Waals surface area contributed by atoms with Gasteiger partial charge in [0.2, 0.25) is 0 Å². The van der Waals surface area contributed by atoms with Crippen LogP contribution >= 0.6 is 11.6 Å². The lowest BCUT2D eigenvalue weighted by Gasteiger charge is -2.13. The van der Waals surface area contributed by atoms with E-state index in [0.717, 1.165) is 6.42 Å². The van der Waals surface area contributed by atoms with Crippen molar-refractivity contribution in [1.29, 1.82) is 0 Å². The molecule has 8 nitrogen and oxygen atoms in total. The summed E-state index contributed by atoms with van der Waals surface area (Å²) in [5.41, 5.74) is 3.36. The molecule has 134 valence electrons. The maximum Gasteiger partial charge on any atom is 0.363 e. The van der Waals surface area contributed by atoms with E-state index in [1.165, 1.54) is 0 Å². The minimum Gasteiger partial charge on any atom is -0.490 e. The SMILES string of the molecule is CCCOc1c(Cl)cc(/C=N/Nc2nc(=O)[nH]nc2C)cc1OCC. The minimum absolute atomic E-state index is 0.277. The van der Waals surface area contributed by atoms with Crippen LogP contribution in [0.25, 0.3) is 0 Å². The number of halogens is 1. The van der Waals surface area contributed by atoms with Crippen molar-refractivity contribution in [1.82, 2.24) is 15.2 Å². The van der Waals surface area contributed by atoms with E-state index in [1.54, 1.807) is 25.3 Å². The number of hydrogen-bond acceptors (Lipinski definition) is 7. The summed E-state index contributed by atoms with van der Waals surface area (Å²) in [6.07, 6.45) is 2.41. The third-order valence-corrected chi connectivity index (χ3v) is 3.32. The molecule has 0 aliphatic carbocycles. The van der Waals surface area contributed by atoms with Crippen molar-refractivity contribution in [2.45, 2.75) is 27.2 Å². The largest absolute Gasteiger partial charge is 0.490 e. The van der Waals surface area contributed by atoms with E-state index >= 15 is 0 Å². The van der Waals surface area contributed by atoms with Crippen molar-refractivity contribution < 1.29 is 9.47 Å². The highest BCUT2D eigenvalue weighted by atomic mass is 35.5. The molecule has 1 aromatic carbocycles. The summed E-state index contributed by atoms with van der Waals surface area (Å²) in [6, 6.07) is 3.50. The zero-order valence-electron chi connectivity index (χ0n) is 14.3. The summed E-state index contributed by atoms with van der Waals surface area (Å²) < 4.78 is 11.2. The monoisotopic (exact) mass is 365 g/mol. The molecule has 0 atom stereocenters. The molecular weight excluding hydrogens is 346 g/mol. The Morgan fingerprint density at radius 1 is 1.36 bits per heavy atom. The van der Waals surface area contributed by atoms with E-state index in [4.69, 9.17) is 21.1 Å². The lowest BCUT2D eigenvalue weighted by atomic mass is 10.2. The van der Waals surface area contributed by atoms with Gasteiger partial charge in [0.05, 0.1) is 24.5 Å². The Balaban J connectivity index is 2.21. The lowest BCUT2D eigenvalue weighted by molar-refractivity contribution is 0.277. The van der Waals surface area contributed by atoms with Crippen LogP contribution in [0.2, 0.25) is 5.02 Å². The number of nitrogens with one attached hydrogen (secondary N) is 2. The van der Waals surface area contributed by atoms with Crippen molar-refractivity contribution in [3.05, 3.63) is 38.9 Å². The second-order valence-corrected chi connectivity index (χ2v) is 5.46. The van der Waals surface area contributed by atoms with Gasteiger partial charge >= 0.3 is 5.69 Å². The number of aromatic amines is 1. The topological polar surface area (TPSA) is 101 Å². The molecule has 0 bridgehead atoms. The quantitative estimate of drug-likeness (QED) is 0.551. The van der Waals surface area contributed by atoms with Crippen molar-refractivity contribution in [2.24, 2.45) is 5.10 Å². The van der Waals surface area contributed by atoms with Crippen LogP contribution in [0.4, 0.5) is 5.82 Å². The number of nitrogens with zero attached hydrogens (tertiary/aromatic N) is 3. The second kappa shape index (κ2) is 9.03. The van der Waals surface area contributed by atoms with Crippen molar-refractivity contribution >= 4 is 23.6 Å². The lowest BCUT2D eigenvalue weighted by Crippen LogP contribution is -2.15. The smallest absolute Gasteiger partial charge is 0.363 e. The van der Waals surface area contributed by atoms with Gasteiger partial charge in [0, 0.05) is 0 Å². The summed E-state index contributed by atoms with van der Waals surface area (Å²) >= 11 is 6.29. The van der Waals surface area contributed by atoms with Gasteiger partial charge in [-0.3, -0.25) is 5.43 Å². The second-order valence-electron chi connectivity index (χ2n) is 5.06. The molecule has 0 aliphatic heterocycles. The summed E-state index contributed by atoms with van der Waals surface area (Å²) in [7, 11) is 0. The molecular formula is C16H20ClN5O3. The molecule has 0 saturated heterocycles. The Hall–Kier alpha value is -2.61. The summed E-state index contributed by atoms with van der Waals surface area (Å²) in [5.74, 6) is 1.35. The number of aryl methyl sites for hydroxylation is 1. The minimum atomic E-state index is -0.553. The van der Waals surface area contributed by atoms with E-state index in [1.807, 2.05) is 13.8 Å². The Kier molecular flexibility index (Phi) is 6.76. The normalized spacial score (nSPS) is 10.9. The van der Waals surface area contributed by atoms with Gasteiger partial charge in [0.1, 0.15) is 5.69 Å². The highest BCUT2D eigenvalue weighted by molar-refractivity contribution is 6.32. The van der Waals surface area contributed by atoms with Gasteiger partial charge in [0.15, 0.2) is 17.3 Å². The third-order valence-electron chi connectivity index (χ3n) is 3.04. The number of anilines is 1. The van der Waals surface area contributed by atoms with Gasteiger partial charge in [-0.2, -0.15) is 15.2 Å². The predicted octanol–water partition coefficient (Wildman–Crippen LogP) is 2.76. The Morgan fingerprint density at radius 2 is 2.16 bits per heavy atom. The van der Waals surface area contributed by atoms with Crippen LogP contribution in [0, 0.1) is 6.92 Å². The van der Waals surface area contributed by atoms with Crippen LogP contribution in [0.5, 0.6) is 11.5 Å². The number of H-pyrrole nitrogens is 1. The molecule has 0 aliphatic rings. The zero-order valence-corrected chi connectivity index (χ0v) is 15.1. The number of hydrazone groups is 1. The van der Waals surface area contributed by atoms with Gasteiger partial charge in [-0.15, -0.1) is 0 Å². The molecule has 2 rings (SSSR count). The summed E-state index contributed by atoms with van der Waals surface area (Å²) in [6.45, 7) is 6.63. The van der Waals surface area contributed by atoms with E-state index in [0.29, 0.717) is 41.0 Å². The maximum atomic E-state index is 11.2. The zero-order chi connectivity index (χ0) is 18.2. The summed E-state index contributed by atoms with van der Waals surface area (Å²) in [4.78, 5) is 14.9. The predicted molar refractivity (Wildman–Crippen MR) is 97.0 cm³/mol. The van der Waals surface area contributed by atoms with Crippen LogP contribution in [-0.2, 0) is 0 Å². The molecule has 0 radical (unpaired) electrons. The Morgan fingerprint density at radius 3 is 2.88 bits per heavy atom. The van der Waals surface area contributed by atoms with E-state index in [2.05, 4.69) is 25.7 Å². The first-order chi connectivity index (χ1) is 12.0. The van der Waals surface area contributed by atoms with Crippen LogP contribution in [0.15, 0.2) is 22.0 Å². The molecule has 0 amide bonds. The van der Waals surface area contributed by atoms with Gasteiger partial charge in [-0.05, 0) is 38.0 Å². The van der Waals surface area contributed by atoms with Crippen molar-refractivity contribution in [3.8, 4) is 11.5 Å². The maximum absolute atomic E-state index is 11.2. The highest BCUT2D eigenvalue weighted by Gasteiger charge is 2.12. The summed E-state index contributed by atoms with van der Waals surface area (Å²) in [5, 5.41) is 10.5. The van der Waals surface area contributed by atoms with Gasteiger partial charge in [0.25, 0.3) is 0 Å². The number of benzene rings is 1. The van der Waals surface area contributed by atoms with Gasteiger partial charge in [-0.1, -0.05) is 18.5 Å². The third kappa shape index (κ3) is 5.18. The highest BCUT2D eigenvalue weighted by Crippen LogP contribution is 2.36. The first-order valence-electron chi connectivity index (χ1n) is 7.86. The fourth-order valence-corrected chi connectivity index (χ4v) is 2.21. The van der Waals surface area contributed by atoms with Gasteiger partial charge < -0.3 is 9.47 Å². The van der Waals surface area contributed by atoms with Crippen molar-refractivity contribution in [3.63, 3.8) is 0 Å². The number of ether oxygens (including phenoxy) is 2. The van der Waals surface area contributed by atoms with E-state index in [-0.39, 0.29) is 5.82 Å². The van der Waals surface area contributed by atoms with Crippen LogP contribution < -0.4 is 20.6 Å². The molecule has 2 aromatic rings. The molecule has 2 N–H and O–H groups in total. The first-order valence-corrected chi connectivity index (χ1v) is 8.24. The molecule has 1 aromatic heterocycles. The first kappa shape index (κ1) is 18.7. The fraction of sp³-hybridized carbons (Fsp3) is 0.375. The van der Waals surface area contributed by atoms with Crippen LogP contribution in [0.1, 0.15) is 31.5 Å². The van der Waals surface area contributed by atoms with Crippen LogP contribution in [0.3, 0.4) is 0 Å². The van der Waals surface area contributed by atoms with Crippen molar-refractivity contribution in [2.75, 3.05) is 18.6 Å². The molecule has 1 heterocycles. The molecule has 25 heavy (non-hydrogen) atoms. The molecule has 0 saturated carbocycles. The van der Waals surface area contributed by atoms with Gasteiger partial charge in [-0.25, -0.2) is 9.89 Å². The molecule has 0 fully saturated rings. The fourth-order valence-electron chi connectivity index (χ4n) is 1.94. The molecule has 9 heteroatoms. The van der Waals surface area contributed by atoms with E-state index < -0.39 is 5.69 Å². The number of rotatable bonds is 8. The average Bonchev–Trinajstić information content (AvgIpc) is 2.57. The molecule has 0 unspecified atom stereocenters. The molecule has 0 spiro atoms. The standard InChI is InChI=1S/C16H20ClN5O3/c1-4-6-25-14-12(17)7-11(8-13(14)24-5-2)9-18-21-15-10(3)20-22-16(23)19-15/h7-9H,4-6H2,1-3H3,(H2,19,21,22,23)/b18-9+.